The van der Waals surface area contributed by atoms with E-state index < -0.39 is 30.1 Å². The predicted molar refractivity (Wildman–Crippen MR) is 207 cm³/mol. The Morgan fingerprint density at radius 3 is 1.76 bits per heavy atom. The molecular weight excluding hydrogens is 733 g/mol. The lowest BCUT2D eigenvalue weighted by molar-refractivity contribution is -0.146. The van der Waals surface area contributed by atoms with Crippen LogP contribution in [0.4, 0.5) is 4.79 Å². The van der Waals surface area contributed by atoms with Crippen LogP contribution in [0.3, 0.4) is 0 Å². The number of esters is 2. The molecule has 0 bridgehead atoms. The first-order valence-corrected chi connectivity index (χ1v) is 19.0. The van der Waals surface area contributed by atoms with Crippen molar-refractivity contribution >= 4 is 73.0 Å². The van der Waals surface area contributed by atoms with Crippen LogP contribution in [0.2, 0.25) is 0 Å². The molecule has 286 valence electrons. The summed E-state index contributed by atoms with van der Waals surface area (Å²) in [5, 5.41) is 7.82. The van der Waals surface area contributed by atoms with Gasteiger partial charge in [-0.2, -0.15) is 0 Å². The zero-order chi connectivity index (χ0) is 39.0. The number of rotatable bonds is 15. The smallest absolute Gasteiger partial charge is 0.408 e. The number of amides is 3. The summed E-state index contributed by atoms with van der Waals surface area (Å²) in [4.78, 5) is 70.4. The molecule has 4 heterocycles. The van der Waals surface area contributed by atoms with Crippen molar-refractivity contribution < 1.29 is 38.2 Å². The molecule has 5 aromatic rings. The molecule has 0 unspecified atom stereocenters. The number of carbonyl (C=O) groups excluding carboxylic acids is 5. The van der Waals surface area contributed by atoms with E-state index in [2.05, 4.69) is 25.9 Å². The molecule has 1 aromatic carbocycles. The first kappa shape index (κ1) is 41.3. The fourth-order valence-corrected chi connectivity index (χ4v) is 6.72. The Bertz CT molecular complexity index is 2050. The molecule has 14 nitrogen and oxygen atoms in total. The van der Waals surface area contributed by atoms with Gasteiger partial charge in [-0.05, 0) is 67.6 Å². The number of benzene rings is 1. The van der Waals surface area contributed by atoms with Gasteiger partial charge in [-0.1, -0.05) is 44.2 Å². The lowest BCUT2D eigenvalue weighted by Crippen LogP contribution is -2.49. The molecule has 3 amide bonds. The molecule has 5 rings (SSSR count). The third-order valence-corrected chi connectivity index (χ3v) is 10.1. The number of nitrogens with one attached hydrogen (secondary N) is 3. The highest BCUT2D eigenvalue weighted by Gasteiger charge is 2.25. The minimum Gasteiger partial charge on any atom is -0.464 e. The number of hydrogen-bond donors (Lipinski definition) is 4. The zero-order valence-electron chi connectivity index (χ0n) is 30.5. The van der Waals surface area contributed by atoms with E-state index in [-0.39, 0.29) is 38.1 Å². The van der Waals surface area contributed by atoms with Gasteiger partial charge in [0.1, 0.15) is 18.7 Å². The van der Waals surface area contributed by atoms with Crippen molar-refractivity contribution in [3.8, 4) is 0 Å². The van der Waals surface area contributed by atoms with Crippen LogP contribution in [0.5, 0.6) is 0 Å². The number of ether oxygens (including phenoxy) is 3. The van der Waals surface area contributed by atoms with Crippen LogP contribution in [0.15, 0.2) is 67.0 Å². The molecule has 0 aliphatic carbocycles. The quantitative estimate of drug-likeness (QED) is 0.0805. The number of alkyl carbamates (subject to hydrolysis) is 1. The Morgan fingerprint density at radius 2 is 1.24 bits per heavy atom. The van der Waals surface area contributed by atoms with Crippen LogP contribution in [-0.4, -0.2) is 78.2 Å². The highest BCUT2D eigenvalue weighted by molar-refractivity contribution is 7.21. The molecule has 5 N–H and O–H groups in total. The zero-order valence-corrected chi connectivity index (χ0v) is 32.1. The Labute approximate surface area is 320 Å². The van der Waals surface area contributed by atoms with E-state index in [0.29, 0.717) is 22.8 Å². The number of nitrogens with two attached hydrogens (primary N) is 1. The van der Waals surface area contributed by atoms with Crippen LogP contribution >= 0.6 is 22.7 Å². The van der Waals surface area contributed by atoms with Gasteiger partial charge in [0, 0.05) is 25.5 Å². The van der Waals surface area contributed by atoms with Gasteiger partial charge >= 0.3 is 18.0 Å². The van der Waals surface area contributed by atoms with E-state index in [1.54, 1.807) is 24.5 Å². The Morgan fingerprint density at radius 1 is 0.722 bits per heavy atom. The summed E-state index contributed by atoms with van der Waals surface area (Å²) in [5.74, 6) is -1.77. The second kappa shape index (κ2) is 20.7. The topological polar surface area (TPSA) is 201 Å². The van der Waals surface area contributed by atoms with Crippen molar-refractivity contribution in [2.24, 2.45) is 5.73 Å². The predicted octanol–water partition coefficient (Wildman–Crippen LogP) is 5.20. The summed E-state index contributed by atoms with van der Waals surface area (Å²) >= 11 is 2.70. The number of aromatic nitrogens is 2. The largest absolute Gasteiger partial charge is 0.464 e. The van der Waals surface area contributed by atoms with Gasteiger partial charge < -0.3 is 35.9 Å². The fraction of sp³-hybridized carbons (Fsp3) is 0.342. The summed E-state index contributed by atoms with van der Waals surface area (Å²) < 4.78 is 17.2. The number of fused-ring (bicyclic) bond motifs is 2. The lowest BCUT2D eigenvalue weighted by Gasteiger charge is -2.18. The summed E-state index contributed by atoms with van der Waals surface area (Å²) in [6, 6.07) is 14.5. The minimum atomic E-state index is -1.08. The Hall–Kier alpha value is -5.45. The van der Waals surface area contributed by atoms with Gasteiger partial charge in [0.2, 0.25) is 0 Å². The summed E-state index contributed by atoms with van der Waals surface area (Å²) in [6.07, 6.45) is 4.00. The third kappa shape index (κ3) is 12.0. The second-order valence-corrected chi connectivity index (χ2v) is 14.1. The van der Waals surface area contributed by atoms with Crippen molar-refractivity contribution in [1.82, 2.24) is 25.9 Å². The molecule has 0 radical (unpaired) electrons. The Balaban J connectivity index is 0.000000258. The average Bonchev–Trinajstić information content (AvgIpc) is 3.83. The first-order valence-electron chi connectivity index (χ1n) is 17.3. The molecule has 2 atom stereocenters. The van der Waals surface area contributed by atoms with Gasteiger partial charge in [-0.15, -0.1) is 22.7 Å². The van der Waals surface area contributed by atoms with Crippen molar-refractivity contribution in [1.29, 1.82) is 0 Å². The molecule has 0 fully saturated rings. The molecule has 0 saturated carbocycles. The van der Waals surface area contributed by atoms with Gasteiger partial charge in [0.05, 0.1) is 43.4 Å². The highest BCUT2D eigenvalue weighted by atomic mass is 32.1. The van der Waals surface area contributed by atoms with Crippen LogP contribution in [0.25, 0.3) is 20.4 Å². The van der Waals surface area contributed by atoms with Crippen LogP contribution in [-0.2, 0) is 30.4 Å². The minimum absolute atomic E-state index is 0.0437. The van der Waals surface area contributed by atoms with Gasteiger partial charge in [-0.25, -0.2) is 9.59 Å². The average molecular weight is 777 g/mol. The van der Waals surface area contributed by atoms with Crippen molar-refractivity contribution in [3.05, 3.63) is 93.4 Å². The van der Waals surface area contributed by atoms with E-state index in [1.807, 2.05) is 70.2 Å². The molecule has 4 aromatic heterocycles. The van der Waals surface area contributed by atoms with Gasteiger partial charge in [-0.3, -0.25) is 24.4 Å². The fourth-order valence-electron chi connectivity index (χ4n) is 4.72. The van der Waals surface area contributed by atoms with Gasteiger partial charge in [0.25, 0.3) is 11.8 Å². The molecule has 0 spiro atoms. The van der Waals surface area contributed by atoms with Crippen molar-refractivity contribution in [2.45, 2.75) is 59.2 Å². The van der Waals surface area contributed by atoms with E-state index in [0.717, 1.165) is 43.5 Å². The molecule has 0 saturated heterocycles. The SMILES string of the molecule is CCCOC(=O)[C@@H](CNC(=O)c1cc2nccc(C)c2s1)NC(=O)OCc1ccccc1.CCCOC(=O)[C@H](N)CNC(=O)c1cc2nccc(C)c2s1. The highest BCUT2D eigenvalue weighted by Crippen LogP contribution is 2.27. The van der Waals surface area contributed by atoms with Crippen molar-refractivity contribution in [3.63, 3.8) is 0 Å². The number of aryl methyl sites for hydroxylation is 2. The summed E-state index contributed by atoms with van der Waals surface area (Å²) in [5.41, 5.74) is 10.1. The number of pyridine rings is 2. The number of hydrogen-bond acceptors (Lipinski definition) is 13. The molecule has 0 aliphatic heterocycles. The lowest BCUT2D eigenvalue weighted by atomic mass is 10.2. The first-order chi connectivity index (χ1) is 26.0. The normalized spacial score (nSPS) is 11.8. The maximum Gasteiger partial charge on any atom is 0.408 e. The van der Waals surface area contributed by atoms with Gasteiger partial charge in [0.15, 0.2) is 0 Å². The Kier molecular flexibility index (Phi) is 15.8. The standard InChI is InChI=1S/C23H25N3O5S.C15H19N3O3S/c1-3-11-30-22(28)18(26-23(29)31-14-16-7-5-4-6-8-16)13-25-21(27)19-12-17-20(32-19)15(2)9-10-24-17;1-3-6-21-15(20)10(16)8-18-14(19)12-7-11-13(22-12)9(2)4-5-17-11/h4-10,12,18H,3,11,13-14H2,1-2H3,(H,25,27)(H,26,29);4-5,7,10H,3,6,8,16H2,1-2H3,(H,18,19)/t18-;10-/m11/s1. The molecule has 16 heteroatoms. The van der Waals surface area contributed by atoms with E-state index in [9.17, 15) is 24.0 Å². The number of carbonyl (C=O) groups is 5. The molecular formula is C38H44N6O8S2. The van der Waals surface area contributed by atoms with Crippen molar-refractivity contribution in [2.75, 3.05) is 26.3 Å². The van der Waals surface area contributed by atoms with Crippen LogP contribution in [0.1, 0.15) is 62.7 Å². The monoisotopic (exact) mass is 776 g/mol. The maximum absolute atomic E-state index is 12.6. The third-order valence-electron chi connectivity index (χ3n) is 7.60. The maximum atomic E-state index is 12.6. The van der Waals surface area contributed by atoms with E-state index >= 15 is 0 Å². The van der Waals surface area contributed by atoms with E-state index in [4.69, 9.17) is 19.9 Å². The number of nitrogens with zero attached hydrogens (tertiary/aromatic N) is 2. The van der Waals surface area contributed by atoms with Crippen LogP contribution in [0, 0.1) is 13.8 Å². The van der Waals surface area contributed by atoms with E-state index in [1.165, 1.54) is 22.7 Å². The number of thiophene rings is 2. The second-order valence-electron chi connectivity index (χ2n) is 12.0. The molecule has 0 aliphatic rings. The summed E-state index contributed by atoms with van der Waals surface area (Å²) in [6.45, 7) is 8.21. The molecule has 54 heavy (non-hydrogen) atoms. The summed E-state index contributed by atoms with van der Waals surface area (Å²) in [7, 11) is 0. The van der Waals surface area contributed by atoms with Crippen LogP contribution < -0.4 is 21.7 Å².